The summed E-state index contributed by atoms with van der Waals surface area (Å²) in [5.41, 5.74) is 0.929. The number of aromatic nitrogens is 2. The van der Waals surface area contributed by atoms with E-state index in [1.165, 1.54) is 11.3 Å². The highest BCUT2D eigenvalue weighted by Crippen LogP contribution is 2.32. The molecular weight excluding hydrogens is 450 g/mol. The standard InChI is InChI=1S/C10H8Br3N3OS/c1-16-7(6(12)3-15-16)4-14-10(17)8-2-5(11)9(13)18-8/h2-3H,4H2,1H3,(H,14,17). The van der Waals surface area contributed by atoms with Crippen molar-refractivity contribution < 1.29 is 4.79 Å². The first-order valence-electron chi connectivity index (χ1n) is 4.88. The normalized spacial score (nSPS) is 10.7. The Bertz CT molecular complexity index is 554. The third-order valence-corrected chi connectivity index (χ3v) is 6.21. The molecule has 8 heteroatoms. The van der Waals surface area contributed by atoms with Gasteiger partial charge in [0, 0.05) is 11.5 Å². The minimum Gasteiger partial charge on any atom is -0.346 e. The van der Waals surface area contributed by atoms with Crippen LogP contribution in [-0.2, 0) is 13.6 Å². The van der Waals surface area contributed by atoms with Crippen molar-refractivity contribution in [2.45, 2.75) is 6.54 Å². The smallest absolute Gasteiger partial charge is 0.261 e. The van der Waals surface area contributed by atoms with Crippen molar-refractivity contribution in [2.75, 3.05) is 0 Å². The number of rotatable bonds is 3. The Morgan fingerprint density at radius 3 is 2.67 bits per heavy atom. The number of aryl methyl sites for hydroxylation is 1. The van der Waals surface area contributed by atoms with Gasteiger partial charge in [0.25, 0.3) is 5.91 Å². The molecule has 4 nitrogen and oxygen atoms in total. The van der Waals surface area contributed by atoms with Crippen LogP contribution in [0.4, 0.5) is 0 Å². The molecule has 0 atom stereocenters. The molecule has 0 aliphatic heterocycles. The Morgan fingerprint density at radius 2 is 2.17 bits per heavy atom. The Labute approximate surface area is 133 Å². The number of thiophene rings is 1. The topological polar surface area (TPSA) is 46.9 Å². The summed E-state index contributed by atoms with van der Waals surface area (Å²) < 4.78 is 4.41. The molecular formula is C10H8Br3N3OS. The van der Waals surface area contributed by atoms with Crippen molar-refractivity contribution in [1.82, 2.24) is 15.1 Å². The summed E-state index contributed by atoms with van der Waals surface area (Å²) in [4.78, 5) is 12.6. The predicted octanol–water partition coefficient (Wildman–Crippen LogP) is 3.70. The maximum absolute atomic E-state index is 11.9. The van der Waals surface area contributed by atoms with Gasteiger partial charge in [-0.1, -0.05) is 0 Å². The molecule has 2 rings (SSSR count). The van der Waals surface area contributed by atoms with Gasteiger partial charge < -0.3 is 5.32 Å². The number of nitrogens with one attached hydrogen (secondary N) is 1. The maximum atomic E-state index is 11.9. The summed E-state index contributed by atoms with van der Waals surface area (Å²) in [6.07, 6.45) is 1.71. The van der Waals surface area contributed by atoms with E-state index in [2.05, 4.69) is 58.2 Å². The molecule has 0 aromatic carbocycles. The quantitative estimate of drug-likeness (QED) is 0.764. The lowest BCUT2D eigenvalue weighted by molar-refractivity contribution is 0.0954. The minimum absolute atomic E-state index is 0.0977. The van der Waals surface area contributed by atoms with Crippen LogP contribution >= 0.6 is 59.1 Å². The summed E-state index contributed by atoms with van der Waals surface area (Å²) in [5.74, 6) is -0.0977. The van der Waals surface area contributed by atoms with Gasteiger partial charge in [0.1, 0.15) is 0 Å². The first kappa shape index (κ1) is 14.2. The molecule has 0 bridgehead atoms. The largest absolute Gasteiger partial charge is 0.346 e. The fourth-order valence-electron chi connectivity index (χ4n) is 1.34. The van der Waals surface area contributed by atoms with Gasteiger partial charge in [-0.25, -0.2) is 0 Å². The summed E-state index contributed by atoms with van der Waals surface area (Å²) in [6, 6.07) is 1.79. The number of amides is 1. The summed E-state index contributed by atoms with van der Waals surface area (Å²) >= 11 is 11.5. The molecule has 0 aliphatic rings. The highest BCUT2D eigenvalue weighted by atomic mass is 79.9. The molecule has 2 aromatic rings. The molecule has 0 saturated carbocycles. The SMILES string of the molecule is Cn1ncc(Br)c1CNC(=O)c1cc(Br)c(Br)s1. The van der Waals surface area contributed by atoms with Crippen LogP contribution < -0.4 is 5.32 Å². The zero-order valence-electron chi connectivity index (χ0n) is 9.21. The third-order valence-electron chi connectivity index (χ3n) is 2.30. The zero-order chi connectivity index (χ0) is 13.3. The van der Waals surface area contributed by atoms with E-state index >= 15 is 0 Å². The van der Waals surface area contributed by atoms with Gasteiger partial charge in [-0.05, 0) is 53.9 Å². The Balaban J connectivity index is 2.05. The minimum atomic E-state index is -0.0977. The number of hydrogen-bond donors (Lipinski definition) is 1. The van der Waals surface area contributed by atoms with Crippen LogP contribution in [-0.4, -0.2) is 15.7 Å². The lowest BCUT2D eigenvalue weighted by atomic mass is 10.4. The van der Waals surface area contributed by atoms with Crippen LogP contribution in [0.5, 0.6) is 0 Å². The second kappa shape index (κ2) is 5.85. The molecule has 0 radical (unpaired) electrons. The van der Waals surface area contributed by atoms with E-state index in [0.717, 1.165) is 18.4 Å². The van der Waals surface area contributed by atoms with Crippen molar-refractivity contribution in [3.8, 4) is 0 Å². The maximum Gasteiger partial charge on any atom is 0.261 e. The molecule has 1 N–H and O–H groups in total. The van der Waals surface area contributed by atoms with Gasteiger partial charge in [0.05, 0.1) is 31.6 Å². The molecule has 96 valence electrons. The molecule has 0 unspecified atom stereocenters. The summed E-state index contributed by atoms with van der Waals surface area (Å²) in [6.45, 7) is 0.434. The van der Waals surface area contributed by atoms with Crippen LogP contribution in [0.2, 0.25) is 0 Å². The number of carbonyl (C=O) groups excluding carboxylic acids is 1. The van der Waals surface area contributed by atoms with Crippen molar-refractivity contribution in [1.29, 1.82) is 0 Å². The van der Waals surface area contributed by atoms with Gasteiger partial charge >= 0.3 is 0 Å². The van der Waals surface area contributed by atoms with Crippen molar-refractivity contribution in [2.24, 2.45) is 7.05 Å². The molecule has 18 heavy (non-hydrogen) atoms. The average Bonchev–Trinajstić information content (AvgIpc) is 2.82. The van der Waals surface area contributed by atoms with E-state index < -0.39 is 0 Å². The van der Waals surface area contributed by atoms with E-state index in [4.69, 9.17) is 0 Å². The van der Waals surface area contributed by atoms with E-state index in [1.54, 1.807) is 16.9 Å². The summed E-state index contributed by atoms with van der Waals surface area (Å²) in [5, 5.41) is 6.95. The molecule has 2 aromatic heterocycles. The number of carbonyl (C=O) groups is 1. The lowest BCUT2D eigenvalue weighted by Crippen LogP contribution is -2.23. The highest BCUT2D eigenvalue weighted by Gasteiger charge is 2.13. The first-order valence-corrected chi connectivity index (χ1v) is 8.08. The van der Waals surface area contributed by atoms with Crippen molar-refractivity contribution in [3.63, 3.8) is 0 Å². The first-order chi connectivity index (χ1) is 8.49. The van der Waals surface area contributed by atoms with E-state index in [1.807, 2.05) is 7.05 Å². The Kier molecular flexibility index (Phi) is 4.63. The van der Waals surface area contributed by atoms with Crippen LogP contribution in [0.1, 0.15) is 15.4 Å². The van der Waals surface area contributed by atoms with Crippen LogP contribution in [0.3, 0.4) is 0 Å². The number of hydrogen-bond acceptors (Lipinski definition) is 3. The van der Waals surface area contributed by atoms with Crippen molar-refractivity contribution in [3.05, 3.63) is 35.6 Å². The second-order valence-corrected chi connectivity index (χ2v) is 7.56. The van der Waals surface area contributed by atoms with Crippen LogP contribution in [0.15, 0.2) is 25.0 Å². The van der Waals surface area contributed by atoms with Gasteiger partial charge in [-0.2, -0.15) is 5.10 Å². The van der Waals surface area contributed by atoms with Gasteiger partial charge in [-0.15, -0.1) is 11.3 Å². The third kappa shape index (κ3) is 3.04. The Hall–Kier alpha value is -0.180. The second-order valence-electron chi connectivity index (χ2n) is 3.48. The average molecular weight is 458 g/mol. The van der Waals surface area contributed by atoms with Gasteiger partial charge in [0.15, 0.2) is 0 Å². The van der Waals surface area contributed by atoms with Crippen LogP contribution in [0.25, 0.3) is 0 Å². The monoisotopic (exact) mass is 455 g/mol. The number of halogens is 3. The van der Waals surface area contributed by atoms with E-state index in [-0.39, 0.29) is 5.91 Å². The van der Waals surface area contributed by atoms with E-state index in [9.17, 15) is 4.79 Å². The molecule has 0 saturated heterocycles. The zero-order valence-corrected chi connectivity index (χ0v) is 14.8. The molecule has 0 spiro atoms. The molecule has 2 heterocycles. The van der Waals surface area contributed by atoms with Crippen molar-refractivity contribution >= 4 is 65.0 Å². The predicted molar refractivity (Wildman–Crippen MR) is 81.8 cm³/mol. The lowest BCUT2D eigenvalue weighted by Gasteiger charge is -2.04. The van der Waals surface area contributed by atoms with Gasteiger partial charge in [0.2, 0.25) is 0 Å². The highest BCUT2D eigenvalue weighted by molar-refractivity contribution is 9.13. The molecule has 0 aliphatic carbocycles. The summed E-state index contributed by atoms with van der Waals surface area (Å²) in [7, 11) is 1.84. The Morgan fingerprint density at radius 1 is 1.44 bits per heavy atom. The molecule has 1 amide bonds. The fourth-order valence-corrected chi connectivity index (χ4v) is 3.78. The van der Waals surface area contributed by atoms with Crippen LogP contribution in [0, 0.1) is 0 Å². The van der Waals surface area contributed by atoms with E-state index in [0.29, 0.717) is 11.4 Å². The van der Waals surface area contributed by atoms with Gasteiger partial charge in [-0.3, -0.25) is 9.48 Å². The number of nitrogens with zero attached hydrogens (tertiary/aromatic N) is 2. The molecule has 0 fully saturated rings. The fraction of sp³-hybridized carbons (Fsp3) is 0.200.